The molecule has 0 aliphatic carbocycles. The molecule has 72 valence electrons. The van der Waals surface area contributed by atoms with Gasteiger partial charge in [0, 0.05) is 11.1 Å². The summed E-state index contributed by atoms with van der Waals surface area (Å²) in [4.78, 5) is 21.0. The van der Waals surface area contributed by atoms with Gasteiger partial charge in [-0.1, -0.05) is 0 Å². The van der Waals surface area contributed by atoms with E-state index in [-0.39, 0.29) is 0 Å². The van der Waals surface area contributed by atoms with Crippen molar-refractivity contribution in [3.05, 3.63) is 21.6 Å². The molecule has 6 heteroatoms. The van der Waals surface area contributed by atoms with Gasteiger partial charge in [0.05, 0.1) is 16.1 Å². The Morgan fingerprint density at radius 2 is 2.36 bits per heavy atom. The monoisotopic (exact) mass is 225 g/mol. The number of hydrogen-bond acceptors (Lipinski definition) is 5. The summed E-state index contributed by atoms with van der Waals surface area (Å²) >= 11 is 2.81. The third-order valence-electron chi connectivity index (χ3n) is 1.67. The van der Waals surface area contributed by atoms with Crippen LogP contribution in [0.4, 0.5) is 0 Å². The number of nitrogens with two attached hydrogens (primary N) is 1. The molecule has 0 spiro atoms. The van der Waals surface area contributed by atoms with Gasteiger partial charge in [0.2, 0.25) is 0 Å². The Balaban J connectivity index is 2.50. The normalized spacial score (nSPS) is 10.4. The summed E-state index contributed by atoms with van der Waals surface area (Å²) in [6, 6.07) is 0. The first kappa shape index (κ1) is 9.29. The molecule has 2 rings (SSSR count). The molecule has 4 nitrogen and oxygen atoms in total. The van der Waals surface area contributed by atoms with Crippen LogP contribution in [0.5, 0.6) is 0 Å². The number of thiazole rings is 2. The lowest BCUT2D eigenvalue weighted by molar-refractivity contribution is 0.1000. The van der Waals surface area contributed by atoms with Crippen LogP contribution in [0.25, 0.3) is 10.6 Å². The minimum atomic E-state index is -0.478. The number of aromatic nitrogens is 2. The number of aryl methyl sites for hydroxylation is 1. The van der Waals surface area contributed by atoms with Crippen molar-refractivity contribution in [2.75, 3.05) is 0 Å². The third kappa shape index (κ3) is 1.53. The van der Waals surface area contributed by atoms with E-state index in [4.69, 9.17) is 5.73 Å². The second-order valence-corrected chi connectivity index (χ2v) is 4.74. The average molecular weight is 225 g/mol. The Kier molecular flexibility index (Phi) is 2.30. The zero-order valence-corrected chi connectivity index (χ0v) is 8.98. The Morgan fingerprint density at radius 3 is 2.86 bits per heavy atom. The molecule has 1 amide bonds. The van der Waals surface area contributed by atoms with E-state index >= 15 is 0 Å². The molecule has 2 N–H and O–H groups in total. The van der Waals surface area contributed by atoms with E-state index in [0.29, 0.717) is 5.01 Å². The Bertz CT molecular complexity index is 461. The molecule has 0 saturated carbocycles. The van der Waals surface area contributed by atoms with Crippen molar-refractivity contribution in [1.29, 1.82) is 0 Å². The lowest BCUT2D eigenvalue weighted by Gasteiger charge is -1.89. The van der Waals surface area contributed by atoms with E-state index in [1.165, 1.54) is 22.7 Å². The van der Waals surface area contributed by atoms with Crippen LogP contribution in [0.15, 0.2) is 11.7 Å². The molecule has 0 aromatic carbocycles. The van der Waals surface area contributed by atoms with Crippen molar-refractivity contribution in [1.82, 2.24) is 9.97 Å². The van der Waals surface area contributed by atoms with Gasteiger partial charge in [-0.2, -0.15) is 0 Å². The topological polar surface area (TPSA) is 68.9 Å². The predicted octanol–water partition coefficient (Wildman–Crippen LogP) is 1.67. The largest absolute Gasteiger partial charge is 0.364 e. The summed E-state index contributed by atoms with van der Waals surface area (Å²) in [5.41, 5.74) is 7.69. The molecule has 0 bridgehead atoms. The van der Waals surface area contributed by atoms with Crippen LogP contribution in [0.2, 0.25) is 0 Å². The lowest BCUT2D eigenvalue weighted by atomic mass is 10.3. The Hall–Kier alpha value is -1.27. The van der Waals surface area contributed by atoms with Gasteiger partial charge >= 0.3 is 0 Å². The maximum atomic E-state index is 10.9. The number of carbonyl (C=O) groups excluding carboxylic acids is 1. The number of carbonyl (C=O) groups is 1. The van der Waals surface area contributed by atoms with Gasteiger partial charge in [-0.3, -0.25) is 9.78 Å². The molecule has 2 aromatic rings. The van der Waals surface area contributed by atoms with Crippen molar-refractivity contribution < 1.29 is 4.79 Å². The summed E-state index contributed by atoms with van der Waals surface area (Å²) in [7, 11) is 0. The highest BCUT2D eigenvalue weighted by atomic mass is 32.1. The molecular weight excluding hydrogens is 218 g/mol. The zero-order chi connectivity index (χ0) is 10.1. The first-order valence-corrected chi connectivity index (χ1v) is 5.54. The summed E-state index contributed by atoms with van der Waals surface area (Å²) in [6.45, 7) is 1.92. The molecule has 0 aliphatic heterocycles. The van der Waals surface area contributed by atoms with E-state index in [9.17, 15) is 4.79 Å². The van der Waals surface area contributed by atoms with Gasteiger partial charge in [-0.15, -0.1) is 22.7 Å². The molecular formula is C8H7N3OS2. The SMILES string of the molecule is Cc1sc(C(N)=O)nc1-c1cncs1. The molecule has 0 unspecified atom stereocenters. The van der Waals surface area contributed by atoms with Crippen LogP contribution in [0, 0.1) is 6.92 Å². The number of rotatable bonds is 2. The van der Waals surface area contributed by atoms with Crippen LogP contribution in [0.3, 0.4) is 0 Å². The minimum absolute atomic E-state index is 0.353. The van der Waals surface area contributed by atoms with Crippen molar-refractivity contribution in [2.24, 2.45) is 5.73 Å². The maximum Gasteiger partial charge on any atom is 0.277 e. The standard InChI is InChI=1S/C8H7N3OS2/c1-4-6(5-2-10-3-13-5)11-8(14-4)7(9)12/h2-3H,1H3,(H2,9,12). The number of nitrogens with zero attached hydrogens (tertiary/aromatic N) is 2. The van der Waals surface area contributed by atoms with Crippen molar-refractivity contribution >= 4 is 28.6 Å². The third-order valence-corrected chi connectivity index (χ3v) is 3.44. The quantitative estimate of drug-likeness (QED) is 0.845. The van der Waals surface area contributed by atoms with Crippen molar-refractivity contribution in [3.63, 3.8) is 0 Å². The van der Waals surface area contributed by atoms with Crippen LogP contribution < -0.4 is 5.73 Å². The molecule has 0 saturated heterocycles. The van der Waals surface area contributed by atoms with Crippen LogP contribution in [-0.4, -0.2) is 15.9 Å². The molecule has 0 aliphatic rings. The molecule has 0 radical (unpaired) electrons. The zero-order valence-electron chi connectivity index (χ0n) is 7.35. The molecule has 2 aromatic heterocycles. The van der Waals surface area contributed by atoms with Crippen LogP contribution in [-0.2, 0) is 0 Å². The van der Waals surface area contributed by atoms with Gasteiger partial charge in [-0.25, -0.2) is 4.98 Å². The van der Waals surface area contributed by atoms with E-state index in [1.54, 1.807) is 11.7 Å². The Labute approximate surface area is 88.4 Å². The average Bonchev–Trinajstić information content (AvgIpc) is 2.71. The van der Waals surface area contributed by atoms with E-state index in [0.717, 1.165) is 15.4 Å². The highest BCUT2D eigenvalue weighted by molar-refractivity contribution is 7.15. The Morgan fingerprint density at radius 1 is 1.57 bits per heavy atom. The highest BCUT2D eigenvalue weighted by Crippen LogP contribution is 2.29. The first-order chi connectivity index (χ1) is 6.68. The predicted molar refractivity (Wildman–Crippen MR) is 56.5 cm³/mol. The summed E-state index contributed by atoms with van der Waals surface area (Å²) in [5, 5.41) is 0.353. The molecule has 0 fully saturated rings. The van der Waals surface area contributed by atoms with Crippen LogP contribution in [0.1, 0.15) is 14.7 Å². The number of hydrogen-bond donors (Lipinski definition) is 1. The highest BCUT2D eigenvalue weighted by Gasteiger charge is 2.13. The smallest absolute Gasteiger partial charge is 0.277 e. The summed E-state index contributed by atoms with van der Waals surface area (Å²) < 4.78 is 0. The van der Waals surface area contributed by atoms with Crippen molar-refractivity contribution in [2.45, 2.75) is 6.92 Å². The summed E-state index contributed by atoms with van der Waals surface area (Å²) in [5.74, 6) is -0.478. The van der Waals surface area contributed by atoms with Crippen LogP contribution >= 0.6 is 22.7 Å². The van der Waals surface area contributed by atoms with Gasteiger partial charge in [0.1, 0.15) is 0 Å². The molecule has 14 heavy (non-hydrogen) atoms. The molecule has 2 heterocycles. The van der Waals surface area contributed by atoms with E-state index < -0.39 is 5.91 Å². The van der Waals surface area contributed by atoms with Gasteiger partial charge in [0.15, 0.2) is 5.01 Å². The van der Waals surface area contributed by atoms with Gasteiger partial charge in [0.25, 0.3) is 5.91 Å². The van der Waals surface area contributed by atoms with Crippen molar-refractivity contribution in [3.8, 4) is 10.6 Å². The second kappa shape index (κ2) is 3.47. The fraction of sp³-hybridized carbons (Fsp3) is 0.125. The van der Waals surface area contributed by atoms with E-state index in [2.05, 4.69) is 9.97 Å². The minimum Gasteiger partial charge on any atom is -0.364 e. The number of primary amides is 1. The summed E-state index contributed by atoms with van der Waals surface area (Å²) in [6.07, 6.45) is 1.73. The fourth-order valence-electron chi connectivity index (χ4n) is 1.06. The fourth-order valence-corrected chi connectivity index (χ4v) is 2.57. The maximum absolute atomic E-state index is 10.9. The second-order valence-electron chi connectivity index (χ2n) is 2.65. The molecule has 0 atom stereocenters. The van der Waals surface area contributed by atoms with E-state index in [1.807, 2.05) is 6.92 Å². The lowest BCUT2D eigenvalue weighted by Crippen LogP contribution is -2.09. The van der Waals surface area contributed by atoms with Gasteiger partial charge in [-0.05, 0) is 6.92 Å². The first-order valence-electron chi connectivity index (χ1n) is 3.84. The van der Waals surface area contributed by atoms with Gasteiger partial charge < -0.3 is 5.73 Å². The number of amides is 1.